The summed E-state index contributed by atoms with van der Waals surface area (Å²) in [5, 5.41) is 23.9. The number of nitrogens with zero attached hydrogens (tertiary/aromatic N) is 3. The first kappa shape index (κ1) is 15.1. The average Bonchev–Trinajstić information content (AvgIpc) is 3.09. The number of carbonyl (C=O) groups is 1. The Labute approximate surface area is 133 Å². The van der Waals surface area contributed by atoms with Crippen molar-refractivity contribution < 1.29 is 14.6 Å². The van der Waals surface area contributed by atoms with Crippen molar-refractivity contribution >= 4 is 20.5 Å². The van der Waals surface area contributed by atoms with Crippen LogP contribution in [0.15, 0.2) is 36.4 Å². The van der Waals surface area contributed by atoms with Gasteiger partial charge in [0.05, 0.1) is 7.11 Å². The quantitative estimate of drug-likeness (QED) is 0.708. The molecule has 3 rings (SSSR count). The lowest BCUT2D eigenvalue weighted by Gasteiger charge is -2.11. The Bertz CT molecular complexity index is 848. The standard InChI is InChI=1S/C15H13N4O3P/c1-22-12-7-13(23)10(6-11(12)15(20)21)8-2-4-9(5-3-8)14-16-18-19-17-14/h2-7H,23H2,1H3,(H,20,21)(H,16,17,18,19). The first-order chi connectivity index (χ1) is 11.1. The lowest BCUT2D eigenvalue weighted by atomic mass is 10.0. The smallest absolute Gasteiger partial charge is 0.339 e. The van der Waals surface area contributed by atoms with Crippen molar-refractivity contribution in [3.63, 3.8) is 0 Å². The molecule has 0 aliphatic carbocycles. The van der Waals surface area contributed by atoms with E-state index in [-0.39, 0.29) is 5.56 Å². The number of aromatic amines is 1. The minimum absolute atomic E-state index is 0.121. The summed E-state index contributed by atoms with van der Waals surface area (Å²) in [6.07, 6.45) is 0. The van der Waals surface area contributed by atoms with Gasteiger partial charge in [-0.15, -0.1) is 19.4 Å². The fraction of sp³-hybridized carbons (Fsp3) is 0.0667. The van der Waals surface area contributed by atoms with Gasteiger partial charge in [-0.2, -0.15) is 5.21 Å². The summed E-state index contributed by atoms with van der Waals surface area (Å²) in [6.45, 7) is 0. The number of benzene rings is 2. The molecule has 23 heavy (non-hydrogen) atoms. The molecule has 0 saturated heterocycles. The molecule has 0 aliphatic rings. The van der Waals surface area contributed by atoms with Gasteiger partial charge in [-0.3, -0.25) is 0 Å². The number of hydrogen-bond donors (Lipinski definition) is 2. The highest BCUT2D eigenvalue weighted by atomic mass is 31.0. The number of H-pyrrole nitrogens is 1. The first-order valence-corrected chi connectivity index (χ1v) is 7.23. The zero-order valence-electron chi connectivity index (χ0n) is 12.1. The van der Waals surface area contributed by atoms with Gasteiger partial charge in [-0.05, 0) is 33.8 Å². The van der Waals surface area contributed by atoms with Crippen molar-refractivity contribution in [2.24, 2.45) is 0 Å². The van der Waals surface area contributed by atoms with Crippen LogP contribution in [-0.4, -0.2) is 38.8 Å². The normalized spacial score (nSPS) is 10.5. The fourth-order valence-electron chi connectivity index (χ4n) is 2.26. The third kappa shape index (κ3) is 2.91. The number of ether oxygens (including phenoxy) is 1. The van der Waals surface area contributed by atoms with Gasteiger partial charge in [-0.25, -0.2) is 4.79 Å². The molecule has 7 nitrogen and oxygen atoms in total. The molecule has 0 spiro atoms. The Morgan fingerprint density at radius 3 is 2.48 bits per heavy atom. The van der Waals surface area contributed by atoms with Crippen LogP contribution >= 0.6 is 9.24 Å². The topological polar surface area (TPSA) is 101 Å². The van der Waals surface area contributed by atoms with Gasteiger partial charge in [0.2, 0.25) is 5.82 Å². The average molecular weight is 328 g/mol. The lowest BCUT2D eigenvalue weighted by Crippen LogP contribution is -2.06. The number of aromatic carboxylic acids is 1. The molecule has 0 saturated carbocycles. The highest BCUT2D eigenvalue weighted by molar-refractivity contribution is 7.28. The van der Waals surface area contributed by atoms with Gasteiger partial charge in [0.25, 0.3) is 0 Å². The molecular formula is C15H13N4O3P. The molecule has 8 heteroatoms. The number of tetrazole rings is 1. The predicted octanol–water partition coefficient (Wildman–Crippen LogP) is 1.74. The number of nitrogens with one attached hydrogen (secondary N) is 1. The molecule has 0 amide bonds. The summed E-state index contributed by atoms with van der Waals surface area (Å²) in [7, 11) is 4.05. The van der Waals surface area contributed by atoms with Crippen LogP contribution in [0.1, 0.15) is 10.4 Å². The van der Waals surface area contributed by atoms with E-state index in [0.29, 0.717) is 11.6 Å². The molecule has 0 bridgehead atoms. The summed E-state index contributed by atoms with van der Waals surface area (Å²) in [5.41, 5.74) is 2.62. The van der Waals surface area contributed by atoms with Crippen molar-refractivity contribution in [2.45, 2.75) is 0 Å². The number of rotatable bonds is 4. The molecule has 2 aromatic carbocycles. The number of aromatic nitrogens is 4. The van der Waals surface area contributed by atoms with Crippen LogP contribution < -0.4 is 10.0 Å². The van der Waals surface area contributed by atoms with E-state index in [2.05, 4.69) is 29.9 Å². The molecule has 1 atom stereocenters. The third-order valence-electron chi connectivity index (χ3n) is 3.40. The summed E-state index contributed by atoms with van der Waals surface area (Å²) in [5.74, 6) is -0.199. The minimum Gasteiger partial charge on any atom is -0.496 e. The van der Waals surface area contributed by atoms with Crippen molar-refractivity contribution in [2.75, 3.05) is 7.11 Å². The SMILES string of the molecule is COc1cc(P)c(-c2ccc(-c3nn[nH]n3)cc2)cc1C(=O)O. The Morgan fingerprint density at radius 2 is 1.91 bits per heavy atom. The summed E-state index contributed by atoms with van der Waals surface area (Å²) in [6, 6.07) is 10.8. The number of methoxy groups -OCH3 is 1. The summed E-state index contributed by atoms with van der Waals surface area (Å²) < 4.78 is 5.13. The van der Waals surface area contributed by atoms with E-state index in [4.69, 9.17) is 4.74 Å². The second-order valence-corrected chi connectivity index (χ2v) is 5.38. The van der Waals surface area contributed by atoms with Gasteiger partial charge < -0.3 is 9.84 Å². The molecular weight excluding hydrogens is 315 g/mol. The van der Waals surface area contributed by atoms with E-state index in [1.54, 1.807) is 12.1 Å². The number of hydrogen-bond acceptors (Lipinski definition) is 5. The van der Waals surface area contributed by atoms with Crippen LogP contribution in [0.5, 0.6) is 5.75 Å². The van der Waals surface area contributed by atoms with Crippen LogP contribution in [0.25, 0.3) is 22.5 Å². The lowest BCUT2D eigenvalue weighted by molar-refractivity contribution is 0.0693. The number of carboxylic acids is 1. The van der Waals surface area contributed by atoms with Crippen LogP contribution in [-0.2, 0) is 0 Å². The van der Waals surface area contributed by atoms with Crippen molar-refractivity contribution in [3.8, 4) is 28.3 Å². The second kappa shape index (κ2) is 6.14. The molecule has 3 aromatic rings. The van der Waals surface area contributed by atoms with Crippen LogP contribution in [0.2, 0.25) is 0 Å². The van der Waals surface area contributed by atoms with Crippen LogP contribution in [0, 0.1) is 0 Å². The van der Waals surface area contributed by atoms with E-state index in [9.17, 15) is 9.90 Å². The zero-order chi connectivity index (χ0) is 16.4. The second-order valence-electron chi connectivity index (χ2n) is 4.76. The summed E-state index contributed by atoms with van der Waals surface area (Å²) >= 11 is 0. The zero-order valence-corrected chi connectivity index (χ0v) is 13.3. The van der Waals surface area contributed by atoms with Crippen LogP contribution in [0.4, 0.5) is 0 Å². The van der Waals surface area contributed by atoms with Gasteiger partial charge in [-0.1, -0.05) is 24.3 Å². The molecule has 1 unspecified atom stereocenters. The van der Waals surface area contributed by atoms with E-state index in [0.717, 1.165) is 22.0 Å². The highest BCUT2D eigenvalue weighted by Crippen LogP contribution is 2.28. The highest BCUT2D eigenvalue weighted by Gasteiger charge is 2.15. The van der Waals surface area contributed by atoms with Crippen LogP contribution in [0.3, 0.4) is 0 Å². The van der Waals surface area contributed by atoms with Gasteiger partial charge in [0.1, 0.15) is 11.3 Å². The molecule has 2 N–H and O–H groups in total. The van der Waals surface area contributed by atoms with Gasteiger partial charge in [0, 0.05) is 5.56 Å². The molecule has 116 valence electrons. The maximum atomic E-state index is 11.4. The predicted molar refractivity (Wildman–Crippen MR) is 87.9 cm³/mol. The minimum atomic E-state index is -1.03. The first-order valence-electron chi connectivity index (χ1n) is 6.65. The maximum absolute atomic E-state index is 11.4. The van der Waals surface area contributed by atoms with Crippen molar-refractivity contribution in [3.05, 3.63) is 42.0 Å². The monoisotopic (exact) mass is 328 g/mol. The molecule has 0 radical (unpaired) electrons. The van der Waals surface area contributed by atoms with Crippen molar-refractivity contribution in [1.82, 2.24) is 20.6 Å². The van der Waals surface area contributed by atoms with E-state index >= 15 is 0 Å². The maximum Gasteiger partial charge on any atom is 0.339 e. The van der Waals surface area contributed by atoms with Crippen molar-refractivity contribution in [1.29, 1.82) is 0 Å². The molecule has 0 fully saturated rings. The van der Waals surface area contributed by atoms with Gasteiger partial charge in [0.15, 0.2) is 0 Å². The summed E-state index contributed by atoms with van der Waals surface area (Å²) in [4.78, 5) is 11.4. The van der Waals surface area contributed by atoms with Gasteiger partial charge >= 0.3 is 5.97 Å². The largest absolute Gasteiger partial charge is 0.496 e. The fourth-order valence-corrected chi connectivity index (χ4v) is 2.67. The number of carboxylic acid groups (broad SMARTS) is 1. The molecule has 1 aromatic heterocycles. The third-order valence-corrected chi connectivity index (χ3v) is 3.88. The molecule has 0 aliphatic heterocycles. The van der Waals surface area contributed by atoms with E-state index < -0.39 is 5.97 Å². The van der Waals surface area contributed by atoms with E-state index in [1.807, 2.05) is 24.3 Å². The van der Waals surface area contributed by atoms with E-state index in [1.165, 1.54) is 7.11 Å². The Kier molecular flexibility index (Phi) is 4.04. The Hall–Kier alpha value is -2.79. The Balaban J connectivity index is 2.04. The molecule has 1 heterocycles. The Morgan fingerprint density at radius 1 is 1.22 bits per heavy atom.